The van der Waals surface area contributed by atoms with Crippen LogP contribution < -0.4 is 0 Å². The van der Waals surface area contributed by atoms with Gasteiger partial charge in [0.15, 0.2) is 0 Å². The second-order valence-electron chi connectivity index (χ2n) is 4.55. The molecule has 2 N–H and O–H groups in total. The quantitative estimate of drug-likeness (QED) is 0.848. The van der Waals surface area contributed by atoms with Gasteiger partial charge in [-0.05, 0) is 24.5 Å². The van der Waals surface area contributed by atoms with Crippen molar-refractivity contribution in [2.45, 2.75) is 19.4 Å². The van der Waals surface area contributed by atoms with E-state index in [0.29, 0.717) is 24.4 Å². The Hall–Kier alpha value is -1.40. The number of likely N-dealkylation sites (tertiary alicyclic amines) is 1. The van der Waals surface area contributed by atoms with E-state index in [4.69, 9.17) is 5.11 Å². The van der Waals surface area contributed by atoms with Crippen molar-refractivity contribution in [1.82, 2.24) is 4.90 Å². The molecule has 18 heavy (non-hydrogen) atoms. The number of carbonyl (C=O) groups excluding carboxylic acids is 1. The number of hydrogen-bond acceptors (Lipinski definition) is 4. The first kappa shape index (κ1) is 13.0. The molecule has 1 aliphatic rings. The summed E-state index contributed by atoms with van der Waals surface area (Å²) in [5.74, 6) is -1.10. The number of piperidine rings is 1. The number of amides is 1. The van der Waals surface area contributed by atoms with Gasteiger partial charge in [-0.2, -0.15) is 0 Å². The molecule has 1 fully saturated rings. The van der Waals surface area contributed by atoms with E-state index in [2.05, 4.69) is 0 Å². The first-order valence-corrected chi connectivity index (χ1v) is 6.61. The molecule has 1 amide bonds. The van der Waals surface area contributed by atoms with Gasteiger partial charge in [-0.1, -0.05) is 6.92 Å². The van der Waals surface area contributed by atoms with Crippen molar-refractivity contribution < 1.29 is 19.8 Å². The molecule has 5 nitrogen and oxygen atoms in total. The first-order chi connectivity index (χ1) is 8.49. The van der Waals surface area contributed by atoms with Crippen molar-refractivity contribution in [2.24, 2.45) is 5.92 Å². The molecular formula is C12H15NO4S. The van der Waals surface area contributed by atoms with Gasteiger partial charge in [-0.25, -0.2) is 4.79 Å². The summed E-state index contributed by atoms with van der Waals surface area (Å²) in [4.78, 5) is 25.2. The summed E-state index contributed by atoms with van der Waals surface area (Å²) >= 11 is 0.992. The van der Waals surface area contributed by atoms with Crippen molar-refractivity contribution in [3.63, 3.8) is 0 Å². The van der Waals surface area contributed by atoms with Crippen molar-refractivity contribution in [3.05, 3.63) is 21.9 Å². The molecule has 0 bridgehead atoms. The molecule has 1 aromatic heterocycles. The number of aromatic carboxylic acids is 1. The minimum atomic E-state index is -1.01. The maximum absolute atomic E-state index is 12.1. The van der Waals surface area contributed by atoms with Crippen LogP contribution >= 0.6 is 11.3 Å². The first-order valence-electron chi connectivity index (χ1n) is 5.79. The standard InChI is InChI=1S/C12H15NO4S/c1-7-6-13(5-4-8(7)14)11(15)9-2-3-10(18-9)12(16)17/h2-3,7-8,14H,4-6H2,1H3,(H,16,17). The average Bonchev–Trinajstić information content (AvgIpc) is 2.81. The second-order valence-corrected chi connectivity index (χ2v) is 5.64. The van der Waals surface area contributed by atoms with Crippen molar-refractivity contribution in [3.8, 4) is 0 Å². The topological polar surface area (TPSA) is 77.8 Å². The van der Waals surface area contributed by atoms with Crippen molar-refractivity contribution in [1.29, 1.82) is 0 Å². The number of thiophene rings is 1. The highest BCUT2D eigenvalue weighted by Crippen LogP contribution is 2.22. The fourth-order valence-electron chi connectivity index (χ4n) is 2.04. The SMILES string of the molecule is CC1CN(C(=O)c2ccc(C(=O)O)s2)CCC1O. The van der Waals surface area contributed by atoms with Crippen LogP contribution in [0.4, 0.5) is 0 Å². The van der Waals surface area contributed by atoms with Crippen LogP contribution in [0.25, 0.3) is 0 Å². The Bertz CT molecular complexity index is 470. The maximum atomic E-state index is 12.1. The van der Waals surface area contributed by atoms with E-state index in [1.807, 2.05) is 6.92 Å². The third-order valence-corrected chi connectivity index (χ3v) is 4.24. The van der Waals surface area contributed by atoms with Crippen LogP contribution in [0.5, 0.6) is 0 Å². The van der Waals surface area contributed by atoms with Crippen LogP contribution in [-0.2, 0) is 0 Å². The monoisotopic (exact) mass is 269 g/mol. The highest BCUT2D eigenvalue weighted by Gasteiger charge is 2.28. The molecule has 1 aliphatic heterocycles. The van der Waals surface area contributed by atoms with Gasteiger partial charge in [0.05, 0.1) is 11.0 Å². The molecule has 0 aliphatic carbocycles. The van der Waals surface area contributed by atoms with Gasteiger partial charge in [0.1, 0.15) is 4.88 Å². The van der Waals surface area contributed by atoms with Gasteiger partial charge in [-0.3, -0.25) is 4.79 Å². The van der Waals surface area contributed by atoms with Crippen LogP contribution in [0.1, 0.15) is 32.7 Å². The van der Waals surface area contributed by atoms with E-state index in [-0.39, 0.29) is 22.8 Å². The molecule has 2 unspecified atom stereocenters. The zero-order valence-electron chi connectivity index (χ0n) is 10.00. The Morgan fingerprint density at radius 1 is 1.39 bits per heavy atom. The van der Waals surface area contributed by atoms with Crippen LogP contribution in [-0.4, -0.2) is 46.2 Å². The molecule has 0 spiro atoms. The van der Waals surface area contributed by atoms with E-state index in [1.54, 1.807) is 11.0 Å². The summed E-state index contributed by atoms with van der Waals surface area (Å²) in [5.41, 5.74) is 0. The van der Waals surface area contributed by atoms with E-state index in [1.165, 1.54) is 6.07 Å². The predicted octanol–water partition coefficient (Wildman–Crippen LogP) is 1.29. The number of carbonyl (C=O) groups is 2. The lowest BCUT2D eigenvalue weighted by atomic mass is 9.97. The molecule has 2 atom stereocenters. The van der Waals surface area contributed by atoms with E-state index >= 15 is 0 Å². The Kier molecular flexibility index (Phi) is 3.68. The van der Waals surface area contributed by atoms with Crippen LogP contribution in [0.3, 0.4) is 0 Å². The highest BCUT2D eigenvalue weighted by atomic mass is 32.1. The highest BCUT2D eigenvalue weighted by molar-refractivity contribution is 7.15. The third kappa shape index (κ3) is 2.54. The zero-order valence-corrected chi connectivity index (χ0v) is 10.8. The summed E-state index contributed by atoms with van der Waals surface area (Å²) in [7, 11) is 0. The molecule has 0 saturated carbocycles. The Morgan fingerprint density at radius 2 is 2.06 bits per heavy atom. The number of aliphatic hydroxyl groups is 1. The minimum absolute atomic E-state index is 0.0570. The lowest BCUT2D eigenvalue weighted by molar-refractivity contribution is 0.0300. The Labute approximate surface area is 109 Å². The van der Waals surface area contributed by atoms with Gasteiger partial charge in [0.2, 0.25) is 0 Å². The van der Waals surface area contributed by atoms with Gasteiger partial charge in [-0.15, -0.1) is 11.3 Å². The lowest BCUT2D eigenvalue weighted by Gasteiger charge is -2.34. The lowest BCUT2D eigenvalue weighted by Crippen LogP contribution is -2.44. The van der Waals surface area contributed by atoms with Gasteiger partial charge in [0, 0.05) is 13.1 Å². The number of carboxylic acid groups (broad SMARTS) is 1. The Morgan fingerprint density at radius 3 is 2.61 bits per heavy atom. The molecule has 1 aromatic rings. The van der Waals surface area contributed by atoms with E-state index < -0.39 is 5.97 Å². The molecule has 1 saturated heterocycles. The number of rotatable bonds is 2. The second kappa shape index (κ2) is 5.07. The normalized spacial score (nSPS) is 24.0. The van der Waals surface area contributed by atoms with Gasteiger partial charge in [0.25, 0.3) is 5.91 Å². The van der Waals surface area contributed by atoms with Gasteiger partial charge >= 0.3 is 5.97 Å². The molecule has 0 aromatic carbocycles. The molecule has 2 rings (SSSR count). The van der Waals surface area contributed by atoms with Crippen molar-refractivity contribution >= 4 is 23.2 Å². The largest absolute Gasteiger partial charge is 0.477 e. The Balaban J connectivity index is 2.09. The molecule has 0 radical (unpaired) electrons. The summed E-state index contributed by atoms with van der Waals surface area (Å²) in [6.07, 6.45) is 0.219. The summed E-state index contributed by atoms with van der Waals surface area (Å²) in [5, 5.41) is 18.4. The van der Waals surface area contributed by atoms with E-state index in [0.717, 1.165) is 11.3 Å². The molecule has 6 heteroatoms. The number of hydrogen-bond donors (Lipinski definition) is 2. The smallest absolute Gasteiger partial charge is 0.345 e. The van der Waals surface area contributed by atoms with Crippen molar-refractivity contribution in [2.75, 3.05) is 13.1 Å². The van der Waals surface area contributed by atoms with Crippen LogP contribution in [0.2, 0.25) is 0 Å². The fraction of sp³-hybridized carbons (Fsp3) is 0.500. The molecule has 98 valence electrons. The fourth-order valence-corrected chi connectivity index (χ4v) is 2.85. The predicted molar refractivity (Wildman–Crippen MR) is 67.0 cm³/mol. The number of nitrogens with zero attached hydrogens (tertiary/aromatic N) is 1. The van der Waals surface area contributed by atoms with Crippen LogP contribution in [0.15, 0.2) is 12.1 Å². The maximum Gasteiger partial charge on any atom is 0.345 e. The summed E-state index contributed by atoms with van der Waals surface area (Å²) < 4.78 is 0. The van der Waals surface area contributed by atoms with Gasteiger partial charge < -0.3 is 15.1 Å². The summed E-state index contributed by atoms with van der Waals surface area (Å²) in [6.45, 7) is 2.94. The minimum Gasteiger partial charge on any atom is -0.477 e. The van der Waals surface area contributed by atoms with Crippen LogP contribution in [0, 0.1) is 5.92 Å². The number of carboxylic acids is 1. The third-order valence-electron chi connectivity index (χ3n) is 3.17. The number of aliphatic hydroxyl groups excluding tert-OH is 1. The average molecular weight is 269 g/mol. The van der Waals surface area contributed by atoms with E-state index in [9.17, 15) is 14.7 Å². The zero-order chi connectivity index (χ0) is 13.3. The summed E-state index contributed by atoms with van der Waals surface area (Å²) in [6, 6.07) is 2.99. The molecule has 2 heterocycles. The molecular weight excluding hydrogens is 254 g/mol.